The summed E-state index contributed by atoms with van der Waals surface area (Å²) in [6.45, 7) is -0.196. The minimum Gasteiger partial charge on any atom is -0.482 e. The molecule has 0 aliphatic carbocycles. The maximum Gasteiger partial charge on any atom is 0.343 e. The summed E-state index contributed by atoms with van der Waals surface area (Å²) in [5.41, 5.74) is 0.537. The average Bonchev–Trinajstić information content (AvgIpc) is 3.30. The summed E-state index contributed by atoms with van der Waals surface area (Å²) in [5.74, 6) is 0.299. The van der Waals surface area contributed by atoms with Crippen molar-refractivity contribution in [2.75, 3.05) is 19.0 Å². The highest BCUT2D eigenvalue weighted by molar-refractivity contribution is 7.71. The number of carbonyl (C=O) groups excluding carboxylic acids is 2. The van der Waals surface area contributed by atoms with Gasteiger partial charge < -0.3 is 14.8 Å². The number of H-pyrrole nitrogens is 1. The third-order valence-corrected chi connectivity index (χ3v) is 4.68. The predicted octanol–water partition coefficient (Wildman–Crippen LogP) is 2.86. The van der Waals surface area contributed by atoms with E-state index in [2.05, 4.69) is 20.3 Å². The van der Waals surface area contributed by atoms with Crippen LogP contribution >= 0.6 is 23.6 Å². The van der Waals surface area contributed by atoms with Crippen molar-refractivity contribution in [2.24, 2.45) is 0 Å². The Hall–Kier alpha value is -2.98. The zero-order valence-corrected chi connectivity index (χ0v) is 15.9. The average molecular weight is 404 g/mol. The van der Waals surface area contributed by atoms with E-state index in [0.717, 1.165) is 4.88 Å². The van der Waals surface area contributed by atoms with Crippen molar-refractivity contribution >= 4 is 41.1 Å². The van der Waals surface area contributed by atoms with E-state index < -0.39 is 5.97 Å². The molecule has 0 bridgehead atoms. The third-order valence-electron chi connectivity index (χ3n) is 3.50. The number of thiophene rings is 1. The molecule has 0 spiro atoms. The lowest BCUT2D eigenvalue weighted by Gasteiger charge is -2.09. The highest BCUT2D eigenvalue weighted by Crippen LogP contribution is 2.23. The van der Waals surface area contributed by atoms with Gasteiger partial charge in [-0.05, 0) is 35.8 Å². The normalized spacial score (nSPS) is 10.4. The van der Waals surface area contributed by atoms with Gasteiger partial charge in [-0.15, -0.1) is 11.3 Å². The summed E-state index contributed by atoms with van der Waals surface area (Å²) in [6, 6.07) is 10.5. The number of esters is 1. The monoisotopic (exact) mass is 404 g/mol. The summed E-state index contributed by atoms with van der Waals surface area (Å²) in [4.78, 5) is 24.5. The topological polar surface area (TPSA) is 98.2 Å². The van der Waals surface area contributed by atoms with Crippen LogP contribution in [0.5, 0.6) is 5.75 Å². The number of nitrogens with zero attached hydrogens (tertiary/aromatic N) is 2. The van der Waals surface area contributed by atoms with Gasteiger partial charge in [0.25, 0.3) is 0 Å². The van der Waals surface area contributed by atoms with Crippen LogP contribution in [-0.4, -0.2) is 40.4 Å². The molecule has 3 aromatic rings. The molecule has 0 aliphatic heterocycles. The molecular weight excluding hydrogens is 388 g/mol. The molecule has 10 heteroatoms. The number of hydrogen-bond acceptors (Lipinski definition) is 7. The van der Waals surface area contributed by atoms with E-state index in [-0.39, 0.29) is 19.1 Å². The maximum absolute atomic E-state index is 12.4. The Balaban J connectivity index is 1.68. The lowest BCUT2D eigenvalue weighted by Crippen LogP contribution is -2.19. The Morgan fingerprint density at radius 1 is 1.33 bits per heavy atom. The number of aromatic amines is 1. The highest BCUT2D eigenvalue weighted by Gasteiger charge is 2.13. The molecule has 1 amide bonds. The summed E-state index contributed by atoms with van der Waals surface area (Å²) in [7, 11) is 1.29. The van der Waals surface area contributed by atoms with E-state index in [1.165, 1.54) is 18.4 Å². The summed E-state index contributed by atoms with van der Waals surface area (Å²) < 4.78 is 11.8. The van der Waals surface area contributed by atoms with Gasteiger partial charge >= 0.3 is 5.97 Å². The van der Waals surface area contributed by atoms with E-state index in [4.69, 9.17) is 17.0 Å². The second-order valence-corrected chi connectivity index (χ2v) is 6.69. The van der Waals surface area contributed by atoms with Crippen LogP contribution in [-0.2, 0) is 20.9 Å². The van der Waals surface area contributed by atoms with E-state index in [0.29, 0.717) is 22.0 Å². The third kappa shape index (κ3) is 4.80. The van der Waals surface area contributed by atoms with Gasteiger partial charge in [0.1, 0.15) is 12.3 Å². The molecule has 3 rings (SSSR count). The number of carbonyl (C=O) groups is 2. The van der Waals surface area contributed by atoms with Crippen LogP contribution in [0.3, 0.4) is 0 Å². The fraction of sp³-hybridized carbons (Fsp3) is 0.176. The molecule has 0 radical (unpaired) electrons. The standard InChI is InChI=1S/C17H16N4O4S2/c1-24-15(23)10-25-12-5-2-4-11(8-12)18-14(22)9-21-16(19-20-17(21)26)13-6-3-7-27-13/h2-8H,9-10H2,1H3,(H,18,22)(H,20,26). The Morgan fingerprint density at radius 2 is 2.19 bits per heavy atom. The number of methoxy groups -OCH3 is 1. The number of benzene rings is 1. The molecule has 2 aromatic heterocycles. The van der Waals surface area contributed by atoms with Gasteiger partial charge in [0, 0.05) is 11.8 Å². The number of anilines is 1. The molecule has 0 aliphatic rings. The van der Waals surface area contributed by atoms with Crippen LogP contribution in [0.4, 0.5) is 5.69 Å². The molecule has 0 unspecified atom stereocenters. The second kappa shape index (κ2) is 8.60. The van der Waals surface area contributed by atoms with Crippen LogP contribution in [0.2, 0.25) is 0 Å². The minimum absolute atomic E-state index is 0.00973. The molecule has 1 aromatic carbocycles. The zero-order valence-electron chi connectivity index (χ0n) is 14.3. The second-order valence-electron chi connectivity index (χ2n) is 5.36. The summed E-state index contributed by atoms with van der Waals surface area (Å²) >= 11 is 6.74. The molecule has 0 saturated heterocycles. The first kappa shape index (κ1) is 18.8. The van der Waals surface area contributed by atoms with Gasteiger partial charge in [-0.2, -0.15) is 5.10 Å². The fourth-order valence-corrected chi connectivity index (χ4v) is 3.19. The van der Waals surface area contributed by atoms with Gasteiger partial charge in [-0.1, -0.05) is 12.1 Å². The molecule has 27 heavy (non-hydrogen) atoms. The zero-order chi connectivity index (χ0) is 19.2. The predicted molar refractivity (Wildman–Crippen MR) is 103 cm³/mol. The number of nitrogens with one attached hydrogen (secondary N) is 2. The quantitative estimate of drug-likeness (QED) is 0.464. The number of amides is 1. The molecule has 2 heterocycles. The fourth-order valence-electron chi connectivity index (χ4n) is 2.27. The number of hydrogen-bond donors (Lipinski definition) is 2. The van der Waals surface area contributed by atoms with Crippen LogP contribution < -0.4 is 10.1 Å². The van der Waals surface area contributed by atoms with Gasteiger partial charge in [-0.3, -0.25) is 14.5 Å². The first-order chi connectivity index (χ1) is 13.1. The smallest absolute Gasteiger partial charge is 0.343 e. The van der Waals surface area contributed by atoms with E-state index in [1.807, 2.05) is 17.5 Å². The molecule has 0 atom stereocenters. The summed E-state index contributed by atoms with van der Waals surface area (Å²) in [6.07, 6.45) is 0. The van der Waals surface area contributed by atoms with Crippen molar-refractivity contribution in [3.8, 4) is 16.5 Å². The first-order valence-corrected chi connectivity index (χ1v) is 9.14. The highest BCUT2D eigenvalue weighted by atomic mass is 32.1. The molecule has 0 fully saturated rings. The van der Waals surface area contributed by atoms with Crippen LogP contribution in [0.15, 0.2) is 41.8 Å². The molecule has 140 valence electrons. The van der Waals surface area contributed by atoms with Gasteiger partial charge in [0.2, 0.25) is 5.91 Å². The minimum atomic E-state index is -0.486. The Labute approximate surface area is 163 Å². The van der Waals surface area contributed by atoms with Crippen molar-refractivity contribution in [1.29, 1.82) is 0 Å². The van der Waals surface area contributed by atoms with Crippen molar-refractivity contribution in [3.63, 3.8) is 0 Å². The molecular formula is C17H16N4O4S2. The van der Waals surface area contributed by atoms with Crippen molar-refractivity contribution in [3.05, 3.63) is 46.5 Å². The van der Waals surface area contributed by atoms with E-state index in [1.54, 1.807) is 28.8 Å². The van der Waals surface area contributed by atoms with Crippen molar-refractivity contribution in [1.82, 2.24) is 14.8 Å². The molecule has 0 saturated carbocycles. The van der Waals surface area contributed by atoms with Crippen LogP contribution in [0, 0.1) is 4.77 Å². The van der Waals surface area contributed by atoms with E-state index >= 15 is 0 Å². The molecule has 8 nitrogen and oxygen atoms in total. The lowest BCUT2D eigenvalue weighted by molar-refractivity contribution is -0.142. The van der Waals surface area contributed by atoms with Crippen LogP contribution in [0.25, 0.3) is 10.7 Å². The van der Waals surface area contributed by atoms with Crippen LogP contribution in [0.1, 0.15) is 0 Å². The van der Waals surface area contributed by atoms with Gasteiger partial charge in [0.15, 0.2) is 17.2 Å². The molecule has 2 N–H and O–H groups in total. The SMILES string of the molecule is COC(=O)COc1cccc(NC(=O)Cn2c(-c3cccs3)n[nH]c2=S)c1. The summed E-state index contributed by atoms with van der Waals surface area (Å²) in [5, 5.41) is 11.6. The largest absolute Gasteiger partial charge is 0.482 e. The maximum atomic E-state index is 12.4. The Morgan fingerprint density at radius 3 is 2.93 bits per heavy atom. The van der Waals surface area contributed by atoms with Gasteiger partial charge in [-0.25, -0.2) is 4.79 Å². The van der Waals surface area contributed by atoms with Crippen molar-refractivity contribution in [2.45, 2.75) is 6.54 Å². The number of aromatic nitrogens is 3. The van der Waals surface area contributed by atoms with E-state index in [9.17, 15) is 9.59 Å². The first-order valence-electron chi connectivity index (χ1n) is 7.85. The number of ether oxygens (including phenoxy) is 2. The number of rotatable bonds is 7. The van der Waals surface area contributed by atoms with Crippen molar-refractivity contribution < 1.29 is 19.1 Å². The lowest BCUT2D eigenvalue weighted by atomic mass is 10.3. The Kier molecular flexibility index (Phi) is 5.99. The Bertz CT molecular complexity index is 995. The van der Waals surface area contributed by atoms with Gasteiger partial charge in [0.05, 0.1) is 12.0 Å².